The van der Waals surface area contributed by atoms with E-state index >= 15 is 0 Å². The van der Waals surface area contributed by atoms with Crippen molar-refractivity contribution >= 4 is 68.4 Å². The van der Waals surface area contributed by atoms with E-state index in [1.807, 2.05) is 12.1 Å². The lowest BCUT2D eigenvalue weighted by Gasteiger charge is -2.28. The zero-order chi connectivity index (χ0) is 33.6. The fourth-order valence-electron chi connectivity index (χ4n) is 5.19. The number of rotatable bonds is 6. The average Bonchev–Trinajstić information content (AvgIpc) is 3.50. The smallest absolute Gasteiger partial charge is 0.416 e. The van der Waals surface area contributed by atoms with Crippen molar-refractivity contribution < 1.29 is 49.9 Å². The molecule has 0 aliphatic carbocycles. The van der Waals surface area contributed by atoms with Gasteiger partial charge in [0.2, 0.25) is 11.8 Å². The zero-order valence-corrected chi connectivity index (χ0v) is 25.9. The van der Waals surface area contributed by atoms with E-state index in [0.29, 0.717) is 58.4 Å². The monoisotopic (exact) mass is 685 g/mol. The largest absolute Gasteiger partial charge is 0.459 e. The van der Waals surface area contributed by atoms with Gasteiger partial charge in [0, 0.05) is 25.5 Å². The van der Waals surface area contributed by atoms with Crippen molar-refractivity contribution in [1.82, 2.24) is 9.80 Å². The molecule has 0 spiro atoms. The lowest BCUT2D eigenvalue weighted by molar-refractivity contribution is -0.143. The number of ether oxygens (including phenoxy) is 1. The van der Waals surface area contributed by atoms with Crippen LogP contribution in [-0.4, -0.2) is 64.5 Å². The van der Waals surface area contributed by atoms with Crippen molar-refractivity contribution in [2.45, 2.75) is 32.3 Å². The molecule has 1 saturated heterocycles. The number of halogens is 6. The predicted octanol–water partition coefficient (Wildman–Crippen LogP) is 7.03. The minimum absolute atomic E-state index is 0.00107. The van der Waals surface area contributed by atoms with Crippen LogP contribution in [0.1, 0.15) is 34.4 Å². The Balaban J connectivity index is 1.30. The first-order chi connectivity index (χ1) is 21.5. The van der Waals surface area contributed by atoms with Crippen molar-refractivity contribution in [3.8, 4) is 0 Å². The number of alkyl halides is 6. The topological polar surface area (TPSA) is 83.3 Å². The highest BCUT2D eigenvalue weighted by molar-refractivity contribution is 8.23. The molecule has 3 amide bonds. The summed E-state index contributed by atoms with van der Waals surface area (Å²) >= 11 is 6.37. The molecule has 5 rings (SSSR count). The Kier molecular flexibility index (Phi) is 9.14. The number of nitrogens with zero attached hydrogens (tertiary/aromatic N) is 3. The average molecular weight is 686 g/mol. The van der Waals surface area contributed by atoms with E-state index in [1.54, 1.807) is 24.0 Å². The predicted molar refractivity (Wildman–Crippen MR) is 162 cm³/mol. The quantitative estimate of drug-likeness (QED) is 0.204. The maximum atomic E-state index is 13.2. The lowest BCUT2D eigenvalue weighted by atomic mass is 9.98. The van der Waals surface area contributed by atoms with Crippen LogP contribution in [0.15, 0.2) is 46.9 Å². The van der Waals surface area contributed by atoms with Gasteiger partial charge >= 0.3 is 18.4 Å². The van der Waals surface area contributed by atoms with Gasteiger partial charge in [-0.25, -0.2) is 4.79 Å². The van der Waals surface area contributed by atoms with Crippen LogP contribution in [0.4, 0.5) is 36.8 Å². The van der Waals surface area contributed by atoms with Crippen molar-refractivity contribution in [2.24, 2.45) is 0 Å². The Hall–Kier alpha value is -4.05. The summed E-state index contributed by atoms with van der Waals surface area (Å²) < 4.78 is 90.7. The molecule has 16 heteroatoms. The summed E-state index contributed by atoms with van der Waals surface area (Å²) in [6.45, 7) is 1.36. The normalized spacial score (nSPS) is 15.9. The highest BCUT2D eigenvalue weighted by atomic mass is 32.2. The number of anilines is 1. The molecule has 1 fully saturated rings. The second-order valence-electron chi connectivity index (χ2n) is 10.6. The fourth-order valence-corrected chi connectivity index (χ4v) is 6.25. The van der Waals surface area contributed by atoms with Gasteiger partial charge in [-0.2, -0.15) is 26.3 Å². The number of benzene rings is 2. The summed E-state index contributed by atoms with van der Waals surface area (Å²) in [4.78, 5) is 41.7. The molecule has 0 unspecified atom stereocenters. The third-order valence-electron chi connectivity index (χ3n) is 7.52. The molecule has 2 aromatic carbocycles. The van der Waals surface area contributed by atoms with Crippen LogP contribution in [0, 0.1) is 6.92 Å². The number of carbonyl (C=O) groups is 3. The molecule has 3 heterocycles. The van der Waals surface area contributed by atoms with Gasteiger partial charge in [-0.15, -0.1) is 0 Å². The van der Waals surface area contributed by atoms with Crippen LogP contribution in [0.3, 0.4) is 0 Å². The third-order valence-corrected chi connectivity index (χ3v) is 8.95. The Morgan fingerprint density at radius 3 is 2.30 bits per heavy atom. The molecular weight excluding hydrogens is 660 g/mol. The van der Waals surface area contributed by atoms with E-state index in [2.05, 4.69) is 0 Å². The van der Waals surface area contributed by atoms with Crippen LogP contribution in [-0.2, 0) is 33.3 Å². The molecule has 244 valence electrons. The molecule has 0 saturated carbocycles. The molecule has 2 aliphatic rings. The first-order valence-corrected chi connectivity index (χ1v) is 15.1. The number of thioether (sulfide) groups is 1. The molecule has 46 heavy (non-hydrogen) atoms. The summed E-state index contributed by atoms with van der Waals surface area (Å²) in [5.74, 6) is 0.124. The molecule has 3 aromatic rings. The summed E-state index contributed by atoms with van der Waals surface area (Å²) in [5.41, 5.74) is -1.06. The number of thiocarbonyl (C=S) groups is 1. The van der Waals surface area contributed by atoms with Gasteiger partial charge in [0.25, 0.3) is 0 Å². The molecule has 0 bridgehead atoms. The highest BCUT2D eigenvalue weighted by Crippen LogP contribution is 2.38. The lowest BCUT2D eigenvalue weighted by Crippen LogP contribution is -2.43. The minimum Gasteiger partial charge on any atom is -0.459 e. The standard InChI is InChI=1S/C30H25F6N3O5S2/c1-16-26(37(2)27(42)43-14-17-9-20(29(31,32)33)12-21(10-17)30(34,35)36)22-11-19(3-4-23(22)44-16)18-5-7-38(8-6-18)24(40)13-39-25(41)15-46-28(39)45/h3-5,9-12H,6-8,13-15H2,1-2H3. The number of fused-ring (bicyclic) bond motifs is 1. The fraction of sp³-hybridized carbons (Fsp3) is 0.333. The summed E-state index contributed by atoms with van der Waals surface area (Å²) in [7, 11) is 1.35. The first-order valence-electron chi connectivity index (χ1n) is 13.7. The SMILES string of the molecule is Cc1oc2ccc(C3=CCN(C(=O)CN4C(=O)CSC4=S)CC3)cc2c1N(C)C(=O)OCc1cc(C(F)(F)F)cc(C(F)(F)F)c1. The number of hydrogen-bond acceptors (Lipinski definition) is 7. The van der Waals surface area contributed by atoms with Crippen molar-refractivity contribution in [1.29, 1.82) is 0 Å². The Morgan fingerprint density at radius 2 is 1.74 bits per heavy atom. The number of amides is 3. The van der Waals surface area contributed by atoms with Gasteiger partial charge in [0.1, 0.15) is 28.8 Å². The summed E-state index contributed by atoms with van der Waals surface area (Å²) in [5, 5.41) is 0.519. The maximum absolute atomic E-state index is 13.2. The van der Waals surface area contributed by atoms with E-state index in [1.165, 1.54) is 23.7 Å². The van der Waals surface area contributed by atoms with Crippen LogP contribution in [0.25, 0.3) is 16.5 Å². The van der Waals surface area contributed by atoms with Gasteiger partial charge < -0.3 is 14.1 Å². The zero-order valence-electron chi connectivity index (χ0n) is 24.3. The van der Waals surface area contributed by atoms with E-state index in [0.717, 1.165) is 16.0 Å². The Morgan fingerprint density at radius 1 is 1.07 bits per heavy atom. The summed E-state index contributed by atoms with van der Waals surface area (Å²) in [6.07, 6.45) is -8.71. The van der Waals surface area contributed by atoms with Crippen molar-refractivity contribution in [2.75, 3.05) is 37.3 Å². The second kappa shape index (κ2) is 12.6. The number of aryl methyl sites for hydroxylation is 1. The number of carbonyl (C=O) groups excluding carboxylic acids is 3. The van der Waals surface area contributed by atoms with Gasteiger partial charge in [-0.05, 0) is 60.4 Å². The Labute approximate surface area is 267 Å². The van der Waals surface area contributed by atoms with Gasteiger partial charge in [-0.3, -0.25) is 19.4 Å². The molecule has 0 atom stereocenters. The highest BCUT2D eigenvalue weighted by Gasteiger charge is 2.37. The van der Waals surface area contributed by atoms with Crippen molar-refractivity contribution in [3.63, 3.8) is 0 Å². The molecule has 8 nitrogen and oxygen atoms in total. The van der Waals surface area contributed by atoms with E-state index in [4.69, 9.17) is 21.4 Å². The van der Waals surface area contributed by atoms with Crippen LogP contribution < -0.4 is 4.90 Å². The van der Waals surface area contributed by atoms with Gasteiger partial charge in [0.15, 0.2) is 0 Å². The number of furan rings is 1. The van der Waals surface area contributed by atoms with Crippen LogP contribution in [0.2, 0.25) is 0 Å². The summed E-state index contributed by atoms with van der Waals surface area (Å²) in [6, 6.07) is 6.31. The van der Waals surface area contributed by atoms with E-state index < -0.39 is 41.7 Å². The number of hydrogen-bond donors (Lipinski definition) is 0. The maximum Gasteiger partial charge on any atom is 0.416 e. The molecule has 1 aromatic heterocycles. The van der Waals surface area contributed by atoms with Gasteiger partial charge in [0.05, 0.1) is 22.6 Å². The van der Waals surface area contributed by atoms with Crippen molar-refractivity contribution in [3.05, 3.63) is 70.5 Å². The van der Waals surface area contributed by atoms with Crippen LogP contribution >= 0.6 is 24.0 Å². The Bertz CT molecular complexity index is 1720. The second-order valence-corrected chi connectivity index (χ2v) is 12.2. The van der Waals surface area contributed by atoms with Crippen LogP contribution in [0.5, 0.6) is 0 Å². The molecule has 0 radical (unpaired) electrons. The minimum atomic E-state index is -5.04. The van der Waals surface area contributed by atoms with E-state index in [-0.39, 0.29) is 30.2 Å². The molecule has 2 aliphatic heterocycles. The third kappa shape index (κ3) is 7.02. The molecule has 0 N–H and O–H groups in total. The van der Waals surface area contributed by atoms with Gasteiger partial charge in [-0.1, -0.05) is 36.1 Å². The molecular formula is C30H25F6N3O5S2. The van der Waals surface area contributed by atoms with E-state index in [9.17, 15) is 40.7 Å². The first kappa shape index (κ1) is 33.3.